The highest BCUT2D eigenvalue weighted by Crippen LogP contribution is 2.53. The van der Waals surface area contributed by atoms with Crippen molar-refractivity contribution in [1.29, 1.82) is 0 Å². The molecule has 3 aliphatic carbocycles. The van der Waals surface area contributed by atoms with Gasteiger partial charge in [0.25, 0.3) is 5.91 Å². The number of fused-ring (bicyclic) bond motifs is 3. The lowest BCUT2D eigenvalue weighted by molar-refractivity contribution is -0.153. The third-order valence-corrected chi connectivity index (χ3v) is 9.64. The van der Waals surface area contributed by atoms with Gasteiger partial charge in [0.15, 0.2) is 11.4 Å². The van der Waals surface area contributed by atoms with E-state index >= 15 is 0 Å². The van der Waals surface area contributed by atoms with Crippen LogP contribution in [0.3, 0.4) is 0 Å². The monoisotopic (exact) mass is 609 g/mol. The summed E-state index contributed by atoms with van der Waals surface area (Å²) in [6, 6.07) is 10.3. The van der Waals surface area contributed by atoms with Crippen molar-refractivity contribution in [2.45, 2.75) is 50.3 Å². The fraction of sp³-hybridized carbons (Fsp3) is 0.406. The number of aliphatic hydroxyl groups excluding tert-OH is 2. The van der Waals surface area contributed by atoms with Gasteiger partial charge in [-0.2, -0.15) is 0 Å². The van der Waals surface area contributed by atoms with Gasteiger partial charge in [0.1, 0.15) is 22.8 Å². The maximum absolute atomic E-state index is 13.9. The molecule has 0 radical (unpaired) electrons. The number of benzene rings is 2. The normalized spacial score (nSPS) is 25.5. The summed E-state index contributed by atoms with van der Waals surface area (Å²) in [5.74, 6) is -6.97. The van der Waals surface area contributed by atoms with E-state index in [9.17, 15) is 34.8 Å². The molecule has 43 heavy (non-hydrogen) atoms. The minimum Gasteiger partial charge on any atom is -0.508 e. The van der Waals surface area contributed by atoms with Gasteiger partial charge < -0.3 is 31.5 Å². The van der Waals surface area contributed by atoms with Crippen LogP contribution in [-0.2, 0) is 32.8 Å². The molecule has 0 bridgehead atoms. The van der Waals surface area contributed by atoms with Crippen molar-refractivity contribution in [2.75, 3.05) is 20.6 Å². The SMILES string of the molecule is CN(C)[C@@H]1C(=O)C(C(N)=O)=C(O)[C@@]2(O)C(=O)C3=C(O)c4c(O)cc(CNCC(C)(C)c5ccccc5)c(Cl)c4C[C@H]3C[C@@H]12. The molecule has 0 spiro atoms. The zero-order valence-electron chi connectivity index (χ0n) is 24.4. The molecule has 0 unspecified atom stereocenters. The first kappa shape index (κ1) is 30.7. The summed E-state index contributed by atoms with van der Waals surface area (Å²) in [6.07, 6.45) is 0.126. The number of hydrogen-bond donors (Lipinski definition) is 6. The fourth-order valence-corrected chi connectivity index (χ4v) is 7.27. The molecule has 4 atom stereocenters. The number of nitrogens with two attached hydrogens (primary N) is 1. The Morgan fingerprint density at radius 2 is 1.81 bits per heavy atom. The van der Waals surface area contributed by atoms with Gasteiger partial charge in [0.2, 0.25) is 5.78 Å². The Kier molecular flexibility index (Phi) is 7.71. The van der Waals surface area contributed by atoms with Crippen LogP contribution in [0.2, 0.25) is 5.02 Å². The Morgan fingerprint density at radius 3 is 2.42 bits per heavy atom. The van der Waals surface area contributed by atoms with E-state index in [1.165, 1.54) is 11.0 Å². The number of carbonyl (C=O) groups is 3. The standard InChI is InChI=1S/C32H36ClN3O7/c1-31(2,17-8-6-5-7-9-17)14-35-13-16-12-20(37)22-18(24(16)33)10-15-11-19-25(36(3)4)27(39)23(30(34)42)29(41)32(19,43)28(40)21(15)26(22)38/h5-9,12,15,19,25,35,37-38,41,43H,10-11,13-14H2,1-4H3,(H2,34,42)/t15-,19-,25-,32-/m0/s1. The van der Waals surface area contributed by atoms with Gasteiger partial charge in [-0.3, -0.25) is 19.3 Å². The largest absolute Gasteiger partial charge is 0.508 e. The van der Waals surface area contributed by atoms with Gasteiger partial charge in [-0.1, -0.05) is 55.8 Å². The molecular weight excluding hydrogens is 574 g/mol. The highest BCUT2D eigenvalue weighted by atomic mass is 35.5. The van der Waals surface area contributed by atoms with Gasteiger partial charge in [-0.15, -0.1) is 0 Å². The van der Waals surface area contributed by atoms with Crippen molar-refractivity contribution in [3.05, 3.63) is 80.6 Å². The van der Waals surface area contributed by atoms with Crippen molar-refractivity contribution < 1.29 is 34.8 Å². The minimum atomic E-state index is -2.68. The van der Waals surface area contributed by atoms with Crippen LogP contribution < -0.4 is 11.1 Å². The number of primary amides is 1. The molecule has 3 aliphatic rings. The van der Waals surface area contributed by atoms with Gasteiger partial charge in [0.05, 0.1) is 11.6 Å². The number of carbonyl (C=O) groups excluding carboxylic acids is 3. The summed E-state index contributed by atoms with van der Waals surface area (Å²) < 4.78 is 0. The second kappa shape index (κ2) is 10.8. The molecular formula is C32H36ClN3O7. The molecule has 7 N–H and O–H groups in total. The number of likely N-dealkylation sites (N-methyl/N-ethyl adjacent to an activating group) is 1. The Labute approximate surface area is 254 Å². The van der Waals surface area contributed by atoms with Crippen LogP contribution in [0.4, 0.5) is 0 Å². The first-order valence-electron chi connectivity index (χ1n) is 14.1. The topological polar surface area (TPSA) is 173 Å². The first-order valence-corrected chi connectivity index (χ1v) is 14.4. The number of nitrogens with one attached hydrogen (secondary N) is 1. The molecule has 2 aromatic carbocycles. The zero-order valence-corrected chi connectivity index (χ0v) is 25.2. The Morgan fingerprint density at radius 1 is 1.16 bits per heavy atom. The van der Waals surface area contributed by atoms with Gasteiger partial charge in [-0.25, -0.2) is 0 Å². The van der Waals surface area contributed by atoms with Crippen LogP contribution in [0.1, 0.15) is 42.5 Å². The number of aliphatic hydroxyl groups is 3. The summed E-state index contributed by atoms with van der Waals surface area (Å²) in [5.41, 5.74) is 3.60. The molecule has 0 heterocycles. The maximum Gasteiger partial charge on any atom is 0.255 e. The number of nitrogens with zero attached hydrogens (tertiary/aromatic N) is 1. The van der Waals surface area contributed by atoms with E-state index in [4.69, 9.17) is 17.3 Å². The van der Waals surface area contributed by atoms with Crippen LogP contribution in [-0.4, -0.2) is 75.1 Å². The average molecular weight is 610 g/mol. The molecule has 2 aromatic rings. The van der Waals surface area contributed by atoms with Crippen LogP contribution in [0.5, 0.6) is 5.75 Å². The van der Waals surface area contributed by atoms with Gasteiger partial charge >= 0.3 is 0 Å². The van der Waals surface area contributed by atoms with E-state index in [0.29, 0.717) is 29.2 Å². The number of halogens is 1. The lowest BCUT2D eigenvalue weighted by atomic mass is 9.57. The molecule has 0 saturated heterocycles. The van der Waals surface area contributed by atoms with Crippen LogP contribution >= 0.6 is 11.6 Å². The summed E-state index contributed by atoms with van der Waals surface area (Å²) in [6.45, 7) is 5.17. The second-order valence-electron chi connectivity index (χ2n) is 12.5. The summed E-state index contributed by atoms with van der Waals surface area (Å²) >= 11 is 6.86. The number of Topliss-reactive ketones (excluding diaryl/α,β-unsaturated/α-hetero) is 2. The first-order chi connectivity index (χ1) is 20.1. The lowest BCUT2D eigenvalue weighted by Crippen LogP contribution is -2.65. The average Bonchev–Trinajstić information content (AvgIpc) is 2.93. The number of hydrogen-bond acceptors (Lipinski definition) is 9. The number of aromatic hydroxyl groups is 1. The number of phenols is 1. The third kappa shape index (κ3) is 4.73. The number of phenolic OH excluding ortho intramolecular Hbond substituents is 1. The molecule has 10 nitrogen and oxygen atoms in total. The molecule has 1 saturated carbocycles. The predicted molar refractivity (Wildman–Crippen MR) is 160 cm³/mol. The van der Waals surface area contributed by atoms with Crippen molar-refractivity contribution in [3.8, 4) is 5.75 Å². The van der Waals surface area contributed by atoms with E-state index in [1.807, 2.05) is 18.2 Å². The second-order valence-corrected chi connectivity index (χ2v) is 12.9. The quantitative estimate of drug-likeness (QED) is 0.258. The zero-order chi connectivity index (χ0) is 31.6. The lowest BCUT2D eigenvalue weighted by Gasteiger charge is -2.50. The van der Waals surface area contributed by atoms with E-state index in [1.54, 1.807) is 14.1 Å². The number of amides is 1. The predicted octanol–water partition coefficient (Wildman–Crippen LogP) is 2.68. The minimum absolute atomic E-state index is 0.00338. The van der Waals surface area contributed by atoms with Crippen molar-refractivity contribution in [1.82, 2.24) is 10.2 Å². The Balaban J connectivity index is 1.52. The van der Waals surface area contributed by atoms with Crippen molar-refractivity contribution in [2.24, 2.45) is 17.6 Å². The van der Waals surface area contributed by atoms with Crippen LogP contribution in [0.25, 0.3) is 5.76 Å². The molecule has 0 aromatic heterocycles. The van der Waals surface area contributed by atoms with E-state index < -0.39 is 58.0 Å². The highest BCUT2D eigenvalue weighted by molar-refractivity contribution is 6.32. The summed E-state index contributed by atoms with van der Waals surface area (Å²) in [5, 5.41) is 48.8. The molecule has 1 fully saturated rings. The number of ketones is 2. The maximum atomic E-state index is 13.9. The van der Waals surface area contributed by atoms with Gasteiger partial charge in [0, 0.05) is 35.0 Å². The van der Waals surface area contributed by atoms with Crippen molar-refractivity contribution in [3.63, 3.8) is 0 Å². The number of rotatable bonds is 7. The fourth-order valence-electron chi connectivity index (χ4n) is 6.98. The van der Waals surface area contributed by atoms with E-state index in [2.05, 4.69) is 31.3 Å². The van der Waals surface area contributed by atoms with E-state index in [-0.39, 0.29) is 35.1 Å². The molecule has 5 rings (SSSR count). The van der Waals surface area contributed by atoms with Gasteiger partial charge in [-0.05, 0) is 55.6 Å². The van der Waals surface area contributed by atoms with Crippen LogP contribution in [0.15, 0.2) is 53.3 Å². The molecule has 0 aliphatic heterocycles. The molecule has 11 heteroatoms. The highest BCUT2D eigenvalue weighted by Gasteiger charge is 2.64. The van der Waals surface area contributed by atoms with Crippen LogP contribution in [0, 0.1) is 11.8 Å². The Hall–Kier alpha value is -3.70. The summed E-state index contributed by atoms with van der Waals surface area (Å²) in [7, 11) is 3.11. The van der Waals surface area contributed by atoms with E-state index in [0.717, 1.165) is 5.56 Å². The Bertz CT molecular complexity index is 1600. The third-order valence-electron chi connectivity index (χ3n) is 9.17. The summed E-state index contributed by atoms with van der Waals surface area (Å²) in [4.78, 5) is 40.8. The van der Waals surface area contributed by atoms with Crippen molar-refractivity contribution >= 4 is 34.8 Å². The molecule has 1 amide bonds. The molecule has 228 valence electrons. The smallest absolute Gasteiger partial charge is 0.255 e.